The molecule has 0 unspecified atom stereocenters. The molecule has 0 aliphatic carbocycles. The second-order valence-electron chi connectivity index (χ2n) is 5.84. The molecule has 0 saturated heterocycles. The van der Waals surface area contributed by atoms with E-state index in [-0.39, 0.29) is 30.5 Å². The van der Waals surface area contributed by atoms with E-state index in [1.807, 2.05) is 6.07 Å². The number of aromatic nitrogens is 2. The van der Waals surface area contributed by atoms with E-state index in [1.54, 1.807) is 42.5 Å². The number of anilines is 2. The summed E-state index contributed by atoms with van der Waals surface area (Å²) in [6.45, 7) is 0.235. The van der Waals surface area contributed by atoms with E-state index >= 15 is 0 Å². The first-order valence-corrected chi connectivity index (χ1v) is 8.39. The van der Waals surface area contributed by atoms with Crippen molar-refractivity contribution in [1.82, 2.24) is 14.9 Å². The molecule has 0 atom stereocenters. The van der Waals surface area contributed by atoms with Crippen LogP contribution in [-0.4, -0.2) is 28.5 Å². The molecule has 0 saturated carbocycles. The van der Waals surface area contributed by atoms with Gasteiger partial charge in [0.15, 0.2) is 0 Å². The Labute approximate surface area is 155 Å². The maximum absolute atomic E-state index is 12.4. The lowest BCUT2D eigenvalue weighted by Crippen LogP contribution is -2.24. The van der Waals surface area contributed by atoms with Crippen molar-refractivity contribution in [1.29, 1.82) is 0 Å². The topological polar surface area (TPSA) is 105 Å². The number of amides is 3. The van der Waals surface area contributed by atoms with Gasteiger partial charge in [-0.1, -0.05) is 12.1 Å². The molecule has 0 aliphatic heterocycles. The quantitative estimate of drug-likeness (QED) is 0.644. The van der Waals surface area contributed by atoms with Crippen molar-refractivity contribution in [3.63, 3.8) is 0 Å². The monoisotopic (exact) mass is 365 g/mol. The van der Waals surface area contributed by atoms with E-state index < -0.39 is 0 Å². The highest BCUT2D eigenvalue weighted by Crippen LogP contribution is 2.14. The zero-order valence-corrected chi connectivity index (χ0v) is 14.7. The first-order valence-electron chi connectivity index (χ1n) is 8.39. The Morgan fingerprint density at radius 1 is 1.00 bits per heavy atom. The summed E-state index contributed by atoms with van der Waals surface area (Å²) in [5.41, 5.74) is 1.68. The third-order valence-corrected chi connectivity index (χ3v) is 3.96. The maximum Gasteiger partial charge on any atom is 0.318 e. The standard InChI is InChI=1S/C19H19N5O3/c1-20-19(27)23-14-8-6-13(7-9-14)22-17(25)10-11-24-12-21-16-5-3-2-4-15(16)18(24)26/h2-9,12H,10-11H2,1H3,(H,22,25)(H2,20,23,27). The van der Waals surface area contributed by atoms with Crippen LogP contribution in [0.3, 0.4) is 0 Å². The summed E-state index contributed by atoms with van der Waals surface area (Å²) in [6.07, 6.45) is 1.59. The number of nitrogens with one attached hydrogen (secondary N) is 3. The molecule has 0 spiro atoms. The highest BCUT2D eigenvalue weighted by Gasteiger charge is 2.07. The number of fused-ring (bicyclic) bond motifs is 1. The lowest BCUT2D eigenvalue weighted by Gasteiger charge is -2.09. The molecule has 0 radical (unpaired) electrons. The lowest BCUT2D eigenvalue weighted by molar-refractivity contribution is -0.116. The van der Waals surface area contributed by atoms with Gasteiger partial charge in [0.05, 0.1) is 17.2 Å². The van der Waals surface area contributed by atoms with Crippen LogP contribution in [0.4, 0.5) is 16.2 Å². The Morgan fingerprint density at radius 2 is 1.67 bits per heavy atom. The number of para-hydroxylation sites is 1. The summed E-state index contributed by atoms with van der Waals surface area (Å²) in [4.78, 5) is 40.0. The zero-order valence-electron chi connectivity index (χ0n) is 14.7. The summed E-state index contributed by atoms with van der Waals surface area (Å²) in [5.74, 6) is -0.220. The van der Waals surface area contributed by atoms with Gasteiger partial charge in [-0.05, 0) is 36.4 Å². The third kappa shape index (κ3) is 4.49. The van der Waals surface area contributed by atoms with E-state index in [0.717, 1.165) is 0 Å². The fourth-order valence-electron chi connectivity index (χ4n) is 2.54. The van der Waals surface area contributed by atoms with Gasteiger partial charge in [-0.25, -0.2) is 9.78 Å². The van der Waals surface area contributed by atoms with Crippen LogP contribution < -0.4 is 21.5 Å². The zero-order chi connectivity index (χ0) is 19.2. The minimum absolute atomic E-state index is 0.137. The summed E-state index contributed by atoms with van der Waals surface area (Å²) in [6, 6.07) is 13.5. The van der Waals surface area contributed by atoms with E-state index in [4.69, 9.17) is 0 Å². The molecule has 8 nitrogen and oxygen atoms in total. The number of hydrogen-bond acceptors (Lipinski definition) is 4. The summed E-state index contributed by atoms with van der Waals surface area (Å²) in [5, 5.41) is 8.37. The molecular formula is C19H19N5O3. The lowest BCUT2D eigenvalue weighted by atomic mass is 10.2. The van der Waals surface area contributed by atoms with Crippen molar-refractivity contribution in [3.05, 3.63) is 65.2 Å². The van der Waals surface area contributed by atoms with Crippen LogP contribution in [0.1, 0.15) is 6.42 Å². The Balaban J connectivity index is 1.59. The van der Waals surface area contributed by atoms with Gasteiger partial charge >= 0.3 is 6.03 Å². The van der Waals surface area contributed by atoms with Gasteiger partial charge in [-0.2, -0.15) is 0 Å². The third-order valence-electron chi connectivity index (χ3n) is 3.96. The normalized spacial score (nSPS) is 10.4. The van der Waals surface area contributed by atoms with Crippen LogP contribution in [0.25, 0.3) is 10.9 Å². The average molecular weight is 365 g/mol. The molecule has 138 valence electrons. The Bertz CT molecular complexity index is 1030. The molecule has 3 aromatic rings. The number of urea groups is 1. The van der Waals surface area contributed by atoms with Gasteiger partial charge in [0.1, 0.15) is 0 Å². The van der Waals surface area contributed by atoms with Gasteiger partial charge < -0.3 is 16.0 Å². The SMILES string of the molecule is CNC(=O)Nc1ccc(NC(=O)CCn2cnc3ccccc3c2=O)cc1. The van der Waals surface area contributed by atoms with Crippen LogP contribution in [0.15, 0.2) is 59.7 Å². The van der Waals surface area contributed by atoms with E-state index in [2.05, 4.69) is 20.9 Å². The smallest absolute Gasteiger partial charge is 0.318 e. The van der Waals surface area contributed by atoms with Crippen molar-refractivity contribution in [2.24, 2.45) is 0 Å². The summed E-state index contributed by atoms with van der Waals surface area (Å²) >= 11 is 0. The predicted octanol–water partition coefficient (Wildman–Crippen LogP) is 2.18. The Morgan fingerprint density at radius 3 is 2.37 bits per heavy atom. The molecule has 0 fully saturated rings. The molecule has 1 heterocycles. The van der Waals surface area contributed by atoms with Crippen LogP contribution >= 0.6 is 0 Å². The first kappa shape index (κ1) is 18.1. The fraction of sp³-hybridized carbons (Fsp3) is 0.158. The molecule has 8 heteroatoms. The van der Waals surface area contributed by atoms with Gasteiger partial charge in [-0.3, -0.25) is 14.2 Å². The molecule has 3 rings (SSSR count). The Hall–Kier alpha value is -3.68. The molecule has 0 aliphatic rings. The molecule has 27 heavy (non-hydrogen) atoms. The van der Waals surface area contributed by atoms with Crippen LogP contribution in [0, 0.1) is 0 Å². The second-order valence-corrected chi connectivity index (χ2v) is 5.84. The van der Waals surface area contributed by atoms with Crippen molar-refractivity contribution in [2.45, 2.75) is 13.0 Å². The molecular weight excluding hydrogens is 346 g/mol. The van der Waals surface area contributed by atoms with E-state index in [0.29, 0.717) is 22.3 Å². The minimum Gasteiger partial charge on any atom is -0.341 e. The summed E-state index contributed by atoms with van der Waals surface area (Å²) < 4.78 is 1.43. The van der Waals surface area contributed by atoms with E-state index in [9.17, 15) is 14.4 Å². The van der Waals surface area contributed by atoms with Crippen LogP contribution in [-0.2, 0) is 11.3 Å². The van der Waals surface area contributed by atoms with Crippen molar-refractivity contribution < 1.29 is 9.59 Å². The fourth-order valence-corrected chi connectivity index (χ4v) is 2.54. The minimum atomic E-state index is -0.318. The first-order chi connectivity index (χ1) is 13.1. The largest absolute Gasteiger partial charge is 0.341 e. The molecule has 2 aromatic carbocycles. The number of aryl methyl sites for hydroxylation is 1. The Kier molecular flexibility index (Phi) is 5.46. The van der Waals surface area contributed by atoms with Gasteiger partial charge in [0.2, 0.25) is 5.91 Å². The summed E-state index contributed by atoms with van der Waals surface area (Å²) in [7, 11) is 1.53. The van der Waals surface area contributed by atoms with Crippen molar-refractivity contribution >= 4 is 34.2 Å². The van der Waals surface area contributed by atoms with Gasteiger partial charge in [0.25, 0.3) is 5.56 Å². The highest BCUT2D eigenvalue weighted by atomic mass is 16.2. The molecule has 3 amide bonds. The van der Waals surface area contributed by atoms with Gasteiger partial charge in [-0.15, -0.1) is 0 Å². The number of benzene rings is 2. The number of rotatable bonds is 5. The molecule has 1 aromatic heterocycles. The van der Waals surface area contributed by atoms with Crippen molar-refractivity contribution in [3.8, 4) is 0 Å². The van der Waals surface area contributed by atoms with Crippen LogP contribution in [0.5, 0.6) is 0 Å². The number of nitrogens with zero attached hydrogens (tertiary/aromatic N) is 2. The molecule has 3 N–H and O–H groups in total. The number of carbonyl (C=O) groups is 2. The second kappa shape index (κ2) is 8.13. The predicted molar refractivity (Wildman–Crippen MR) is 104 cm³/mol. The number of carbonyl (C=O) groups excluding carboxylic acids is 2. The van der Waals surface area contributed by atoms with Gasteiger partial charge in [0, 0.05) is 31.4 Å². The average Bonchev–Trinajstić information content (AvgIpc) is 2.69. The highest BCUT2D eigenvalue weighted by molar-refractivity contribution is 5.92. The van der Waals surface area contributed by atoms with Crippen molar-refractivity contribution in [2.75, 3.05) is 17.7 Å². The maximum atomic E-state index is 12.4. The van der Waals surface area contributed by atoms with Crippen LogP contribution in [0.2, 0.25) is 0 Å². The van der Waals surface area contributed by atoms with E-state index in [1.165, 1.54) is 17.9 Å². The number of hydrogen-bond donors (Lipinski definition) is 3. The molecule has 0 bridgehead atoms.